The van der Waals surface area contributed by atoms with Gasteiger partial charge in [-0.1, -0.05) is 43.9 Å². The predicted octanol–water partition coefficient (Wildman–Crippen LogP) is 3.61. The zero-order valence-electron chi connectivity index (χ0n) is 13.2. The maximum absolute atomic E-state index is 4.48. The Morgan fingerprint density at radius 2 is 2.00 bits per heavy atom. The van der Waals surface area contributed by atoms with Crippen LogP contribution in [-0.2, 0) is 0 Å². The Bertz CT molecular complexity index is 694. The van der Waals surface area contributed by atoms with Crippen molar-refractivity contribution in [3.05, 3.63) is 47.9 Å². The fraction of sp³-hybridized carbons (Fsp3) is 0.278. The van der Waals surface area contributed by atoms with E-state index in [9.17, 15) is 0 Å². The number of hydrogen-bond acceptors (Lipinski definition) is 4. The van der Waals surface area contributed by atoms with Crippen LogP contribution >= 0.6 is 0 Å². The monoisotopic (exact) mass is 292 g/mol. The fourth-order valence-corrected chi connectivity index (χ4v) is 1.77. The Labute approximate surface area is 131 Å². The number of rotatable bonds is 4. The zero-order chi connectivity index (χ0) is 15.8. The van der Waals surface area contributed by atoms with Crippen LogP contribution in [0.1, 0.15) is 25.1 Å². The van der Waals surface area contributed by atoms with E-state index in [0.29, 0.717) is 18.3 Å². The van der Waals surface area contributed by atoms with Crippen molar-refractivity contribution in [2.24, 2.45) is 10.9 Å². The number of nitrogens with zero attached hydrogens (tertiary/aromatic N) is 3. The highest BCUT2D eigenvalue weighted by atomic mass is 15.0. The van der Waals surface area contributed by atoms with E-state index >= 15 is 0 Å². The second-order valence-corrected chi connectivity index (χ2v) is 5.20. The molecule has 112 valence electrons. The molecule has 4 heteroatoms. The van der Waals surface area contributed by atoms with Crippen LogP contribution < -0.4 is 5.32 Å². The van der Waals surface area contributed by atoms with Crippen LogP contribution in [0.4, 0.5) is 11.5 Å². The molecule has 0 unspecified atom stereocenters. The average Bonchev–Trinajstić information content (AvgIpc) is 2.51. The normalized spacial score (nSPS) is 10.5. The van der Waals surface area contributed by atoms with Gasteiger partial charge in [-0.2, -0.15) is 0 Å². The van der Waals surface area contributed by atoms with Gasteiger partial charge >= 0.3 is 0 Å². The van der Waals surface area contributed by atoms with Crippen molar-refractivity contribution in [2.45, 2.75) is 20.8 Å². The second-order valence-electron chi connectivity index (χ2n) is 5.20. The van der Waals surface area contributed by atoms with Gasteiger partial charge in [-0.3, -0.25) is 4.99 Å². The zero-order valence-corrected chi connectivity index (χ0v) is 13.2. The molecule has 0 bridgehead atoms. The van der Waals surface area contributed by atoms with Crippen LogP contribution in [0.25, 0.3) is 0 Å². The molecule has 0 atom stereocenters. The Hall–Kier alpha value is -2.67. The molecule has 2 rings (SSSR count). The largest absolute Gasteiger partial charge is 0.357 e. The summed E-state index contributed by atoms with van der Waals surface area (Å²) in [4.78, 5) is 12.9. The molecule has 0 aliphatic carbocycles. The fourth-order valence-electron chi connectivity index (χ4n) is 1.77. The Morgan fingerprint density at radius 1 is 1.23 bits per heavy atom. The summed E-state index contributed by atoms with van der Waals surface area (Å²) in [5, 5.41) is 3.21. The van der Waals surface area contributed by atoms with Crippen molar-refractivity contribution in [3.8, 4) is 11.8 Å². The predicted molar refractivity (Wildman–Crippen MR) is 91.6 cm³/mol. The van der Waals surface area contributed by atoms with Gasteiger partial charge in [0.15, 0.2) is 5.82 Å². The minimum atomic E-state index is 0.380. The molecule has 1 N–H and O–H groups in total. The maximum atomic E-state index is 4.48. The molecular formula is C18H20N4. The summed E-state index contributed by atoms with van der Waals surface area (Å²) in [6.07, 6.45) is 3.43. The minimum absolute atomic E-state index is 0.380. The van der Waals surface area contributed by atoms with Crippen LogP contribution in [0.15, 0.2) is 41.7 Å². The van der Waals surface area contributed by atoms with Gasteiger partial charge in [0, 0.05) is 11.8 Å². The molecule has 0 radical (unpaired) electrons. The van der Waals surface area contributed by atoms with Gasteiger partial charge in [0.2, 0.25) is 0 Å². The summed E-state index contributed by atoms with van der Waals surface area (Å²) < 4.78 is 0. The lowest BCUT2D eigenvalue weighted by atomic mass is 10.2. The summed E-state index contributed by atoms with van der Waals surface area (Å²) >= 11 is 0. The molecular weight excluding hydrogens is 272 g/mol. The summed E-state index contributed by atoms with van der Waals surface area (Å²) in [5.74, 6) is 7.29. The highest BCUT2D eigenvalue weighted by molar-refractivity contribution is 5.72. The lowest BCUT2D eigenvalue weighted by molar-refractivity contribution is 0.906. The standard InChI is InChI=1S/C18H20N4/c1-14(2)12-20-17-15(3)21-13-22-18(17)19-11-7-10-16-8-5-4-6-9-16/h4-6,8-9,12-14H,11H2,1-3H3,(H,19,21,22). The third-order valence-corrected chi connectivity index (χ3v) is 2.86. The number of aryl methyl sites for hydroxylation is 1. The first-order valence-corrected chi connectivity index (χ1v) is 7.30. The topological polar surface area (TPSA) is 50.2 Å². The Kier molecular flexibility index (Phi) is 5.67. The highest BCUT2D eigenvalue weighted by Gasteiger charge is 2.05. The van der Waals surface area contributed by atoms with E-state index in [1.165, 1.54) is 6.33 Å². The summed E-state index contributed by atoms with van der Waals surface area (Å²) in [6.45, 7) is 6.60. The average molecular weight is 292 g/mol. The van der Waals surface area contributed by atoms with Crippen molar-refractivity contribution in [1.82, 2.24) is 9.97 Å². The van der Waals surface area contributed by atoms with Crippen LogP contribution in [-0.4, -0.2) is 22.7 Å². The van der Waals surface area contributed by atoms with E-state index in [2.05, 4.69) is 46.0 Å². The van der Waals surface area contributed by atoms with Crippen molar-refractivity contribution in [2.75, 3.05) is 11.9 Å². The van der Waals surface area contributed by atoms with Gasteiger partial charge in [-0.25, -0.2) is 9.97 Å². The van der Waals surface area contributed by atoms with E-state index in [1.807, 2.05) is 43.5 Å². The van der Waals surface area contributed by atoms with Crippen LogP contribution in [0.5, 0.6) is 0 Å². The van der Waals surface area contributed by atoms with Gasteiger partial charge in [-0.15, -0.1) is 0 Å². The summed E-state index contributed by atoms with van der Waals surface area (Å²) in [6, 6.07) is 9.90. The molecule has 0 amide bonds. The first-order chi connectivity index (χ1) is 10.7. The first-order valence-electron chi connectivity index (χ1n) is 7.30. The van der Waals surface area contributed by atoms with E-state index in [0.717, 1.165) is 16.9 Å². The molecule has 0 fully saturated rings. The number of aliphatic imine (C=N–C) groups is 1. The van der Waals surface area contributed by atoms with Gasteiger partial charge < -0.3 is 5.32 Å². The lowest BCUT2D eigenvalue weighted by Gasteiger charge is -2.07. The van der Waals surface area contributed by atoms with Gasteiger partial charge in [0.1, 0.15) is 12.0 Å². The molecule has 1 heterocycles. The number of nitrogens with one attached hydrogen (secondary N) is 1. The molecule has 0 spiro atoms. The SMILES string of the molecule is Cc1ncnc(NCC#Cc2ccccc2)c1N=CC(C)C. The molecule has 0 saturated heterocycles. The van der Waals surface area contributed by atoms with E-state index in [4.69, 9.17) is 0 Å². The van der Waals surface area contributed by atoms with Crippen LogP contribution in [0.2, 0.25) is 0 Å². The first kappa shape index (κ1) is 15.7. The van der Waals surface area contributed by atoms with Crippen molar-refractivity contribution in [3.63, 3.8) is 0 Å². The van der Waals surface area contributed by atoms with E-state index in [-0.39, 0.29) is 0 Å². The second kappa shape index (κ2) is 7.94. The minimum Gasteiger partial charge on any atom is -0.357 e. The molecule has 1 aromatic heterocycles. The maximum Gasteiger partial charge on any atom is 0.156 e. The summed E-state index contributed by atoms with van der Waals surface area (Å²) in [7, 11) is 0. The van der Waals surface area contributed by atoms with Gasteiger partial charge in [0.05, 0.1) is 12.2 Å². The van der Waals surface area contributed by atoms with Crippen LogP contribution in [0.3, 0.4) is 0 Å². The van der Waals surface area contributed by atoms with Crippen molar-refractivity contribution in [1.29, 1.82) is 0 Å². The van der Waals surface area contributed by atoms with Crippen LogP contribution in [0, 0.1) is 24.7 Å². The molecule has 1 aromatic carbocycles. The molecule has 4 nitrogen and oxygen atoms in total. The van der Waals surface area contributed by atoms with Gasteiger partial charge in [0.25, 0.3) is 0 Å². The molecule has 0 aliphatic rings. The summed E-state index contributed by atoms with van der Waals surface area (Å²) in [5.41, 5.74) is 2.63. The smallest absolute Gasteiger partial charge is 0.156 e. The number of aromatic nitrogens is 2. The quantitative estimate of drug-likeness (QED) is 0.692. The molecule has 22 heavy (non-hydrogen) atoms. The Balaban J connectivity index is 2.07. The Morgan fingerprint density at radius 3 is 2.73 bits per heavy atom. The third-order valence-electron chi connectivity index (χ3n) is 2.86. The molecule has 0 saturated carbocycles. The van der Waals surface area contributed by atoms with E-state index < -0.39 is 0 Å². The molecule has 0 aliphatic heterocycles. The molecule has 2 aromatic rings. The number of anilines is 1. The van der Waals surface area contributed by atoms with Gasteiger partial charge in [-0.05, 0) is 25.0 Å². The van der Waals surface area contributed by atoms with Crippen molar-refractivity contribution >= 4 is 17.7 Å². The highest BCUT2D eigenvalue weighted by Crippen LogP contribution is 2.24. The third kappa shape index (κ3) is 4.71. The number of hydrogen-bond donors (Lipinski definition) is 1. The lowest BCUT2D eigenvalue weighted by Crippen LogP contribution is -2.03. The van der Waals surface area contributed by atoms with Crippen molar-refractivity contribution < 1.29 is 0 Å². The number of benzene rings is 1. The van der Waals surface area contributed by atoms with E-state index in [1.54, 1.807) is 0 Å².